The molecule has 1 aliphatic heterocycles. The number of nitrogens with zero attached hydrogens (tertiary/aromatic N) is 1. The molecule has 0 bridgehead atoms. The van der Waals surface area contributed by atoms with Crippen LogP contribution in [-0.2, 0) is 4.79 Å². The summed E-state index contributed by atoms with van der Waals surface area (Å²) < 4.78 is 24.1. The largest absolute Gasteiger partial charge is 0.493 e. The standard InChI is InChI=1S/C14H16FNO5/c1-20-10-4-3-9(15)11(12(10)21-2)13(17)16-6-5-8(7-16)14(18)19/h3-4,8H,5-7H2,1-2H3,(H,18,19). The quantitative estimate of drug-likeness (QED) is 0.909. The van der Waals surface area contributed by atoms with Crippen LogP contribution in [0.5, 0.6) is 11.5 Å². The van der Waals surface area contributed by atoms with Gasteiger partial charge < -0.3 is 19.5 Å². The van der Waals surface area contributed by atoms with Crippen molar-refractivity contribution in [3.63, 3.8) is 0 Å². The van der Waals surface area contributed by atoms with Crippen molar-refractivity contribution < 1.29 is 28.6 Å². The zero-order valence-corrected chi connectivity index (χ0v) is 11.8. The minimum absolute atomic E-state index is 0.0151. The van der Waals surface area contributed by atoms with Gasteiger partial charge in [0, 0.05) is 13.1 Å². The fourth-order valence-electron chi connectivity index (χ4n) is 2.41. The van der Waals surface area contributed by atoms with E-state index in [1.54, 1.807) is 0 Å². The lowest BCUT2D eigenvalue weighted by atomic mass is 10.1. The number of halogens is 1. The van der Waals surface area contributed by atoms with Crippen LogP contribution in [0.25, 0.3) is 0 Å². The van der Waals surface area contributed by atoms with Crippen molar-refractivity contribution in [3.8, 4) is 11.5 Å². The van der Waals surface area contributed by atoms with Gasteiger partial charge in [-0.05, 0) is 18.6 Å². The lowest BCUT2D eigenvalue weighted by Gasteiger charge is -2.19. The lowest BCUT2D eigenvalue weighted by molar-refractivity contribution is -0.141. The Morgan fingerprint density at radius 2 is 2.05 bits per heavy atom. The van der Waals surface area contributed by atoms with Crippen molar-refractivity contribution in [2.24, 2.45) is 5.92 Å². The average molecular weight is 297 g/mol. The van der Waals surface area contributed by atoms with Gasteiger partial charge in [-0.1, -0.05) is 0 Å². The van der Waals surface area contributed by atoms with E-state index in [4.69, 9.17) is 14.6 Å². The van der Waals surface area contributed by atoms with E-state index in [0.29, 0.717) is 6.42 Å². The maximum atomic E-state index is 14.0. The van der Waals surface area contributed by atoms with Crippen LogP contribution in [0.3, 0.4) is 0 Å². The normalized spacial score (nSPS) is 17.7. The highest BCUT2D eigenvalue weighted by molar-refractivity contribution is 5.98. The number of likely N-dealkylation sites (tertiary alicyclic amines) is 1. The molecule has 2 rings (SSSR count). The molecule has 1 aromatic carbocycles. The van der Waals surface area contributed by atoms with Crippen molar-refractivity contribution in [1.82, 2.24) is 4.90 Å². The number of carboxylic acid groups (broad SMARTS) is 1. The minimum Gasteiger partial charge on any atom is -0.493 e. The summed E-state index contributed by atoms with van der Waals surface area (Å²) in [5, 5.41) is 8.96. The molecule has 114 valence electrons. The zero-order chi connectivity index (χ0) is 15.6. The number of carbonyl (C=O) groups is 2. The van der Waals surface area contributed by atoms with Crippen molar-refractivity contribution in [2.45, 2.75) is 6.42 Å². The van der Waals surface area contributed by atoms with Gasteiger partial charge >= 0.3 is 5.97 Å². The van der Waals surface area contributed by atoms with Gasteiger partial charge in [-0.25, -0.2) is 4.39 Å². The third-order valence-corrected chi connectivity index (χ3v) is 3.53. The number of carboxylic acids is 1. The zero-order valence-electron chi connectivity index (χ0n) is 11.8. The number of hydrogen-bond donors (Lipinski definition) is 1. The molecule has 0 aromatic heterocycles. The first-order chi connectivity index (χ1) is 9.99. The topological polar surface area (TPSA) is 76.1 Å². The fraction of sp³-hybridized carbons (Fsp3) is 0.429. The Bertz CT molecular complexity index is 575. The highest BCUT2D eigenvalue weighted by atomic mass is 19.1. The van der Waals surface area contributed by atoms with Crippen LogP contribution in [0.1, 0.15) is 16.8 Å². The van der Waals surface area contributed by atoms with E-state index >= 15 is 0 Å². The summed E-state index contributed by atoms with van der Waals surface area (Å²) in [7, 11) is 2.71. The maximum Gasteiger partial charge on any atom is 0.308 e. The molecule has 21 heavy (non-hydrogen) atoms. The van der Waals surface area contributed by atoms with Crippen molar-refractivity contribution in [3.05, 3.63) is 23.5 Å². The van der Waals surface area contributed by atoms with Gasteiger partial charge in [0.05, 0.1) is 20.1 Å². The third kappa shape index (κ3) is 2.76. The molecule has 0 saturated carbocycles. The molecule has 1 amide bonds. The summed E-state index contributed by atoms with van der Waals surface area (Å²) in [6.07, 6.45) is 0.356. The molecule has 1 aromatic rings. The smallest absolute Gasteiger partial charge is 0.308 e. The molecule has 1 atom stereocenters. The van der Waals surface area contributed by atoms with Crippen LogP contribution in [-0.4, -0.2) is 49.2 Å². The Kier molecular flexibility index (Phi) is 4.30. The first-order valence-corrected chi connectivity index (χ1v) is 6.42. The molecule has 0 radical (unpaired) electrons. The number of methoxy groups -OCH3 is 2. The average Bonchev–Trinajstić information content (AvgIpc) is 2.96. The Hall–Kier alpha value is -2.31. The molecule has 1 saturated heterocycles. The maximum absolute atomic E-state index is 14.0. The first kappa shape index (κ1) is 15.1. The highest BCUT2D eigenvalue weighted by Gasteiger charge is 2.34. The van der Waals surface area contributed by atoms with Crippen LogP contribution < -0.4 is 9.47 Å². The summed E-state index contributed by atoms with van der Waals surface area (Å²) in [6, 6.07) is 2.49. The number of ether oxygens (including phenoxy) is 2. The monoisotopic (exact) mass is 297 g/mol. The van der Waals surface area contributed by atoms with Gasteiger partial charge in [0.15, 0.2) is 11.5 Å². The summed E-state index contributed by atoms with van der Waals surface area (Å²) in [5.74, 6) is -2.63. The van der Waals surface area contributed by atoms with E-state index in [-0.39, 0.29) is 30.2 Å². The van der Waals surface area contributed by atoms with Gasteiger partial charge in [0.2, 0.25) is 0 Å². The molecule has 1 fully saturated rings. The van der Waals surface area contributed by atoms with Gasteiger partial charge in [-0.2, -0.15) is 0 Å². The van der Waals surface area contributed by atoms with E-state index in [1.807, 2.05) is 0 Å². The minimum atomic E-state index is -0.955. The summed E-state index contributed by atoms with van der Waals surface area (Å²) in [6.45, 7) is 0.337. The van der Waals surface area contributed by atoms with Gasteiger partial charge in [0.25, 0.3) is 5.91 Å². The van der Waals surface area contributed by atoms with Crippen LogP contribution >= 0.6 is 0 Å². The van der Waals surface area contributed by atoms with Crippen LogP contribution in [0, 0.1) is 11.7 Å². The number of carbonyl (C=O) groups excluding carboxylic acids is 1. The summed E-state index contributed by atoms with van der Waals surface area (Å²) in [5.41, 5.74) is -0.233. The molecule has 7 heteroatoms. The number of rotatable bonds is 4. The molecular formula is C14H16FNO5. The van der Waals surface area contributed by atoms with Crippen LogP contribution in [0.4, 0.5) is 4.39 Å². The summed E-state index contributed by atoms with van der Waals surface area (Å²) in [4.78, 5) is 24.7. The predicted molar refractivity (Wildman–Crippen MR) is 71.2 cm³/mol. The molecule has 6 nitrogen and oxygen atoms in total. The van der Waals surface area contributed by atoms with Crippen LogP contribution in [0.2, 0.25) is 0 Å². The van der Waals surface area contributed by atoms with E-state index in [2.05, 4.69) is 0 Å². The molecule has 0 spiro atoms. The second kappa shape index (κ2) is 5.99. The second-order valence-corrected chi connectivity index (χ2v) is 4.73. The van der Waals surface area contributed by atoms with Crippen molar-refractivity contribution in [2.75, 3.05) is 27.3 Å². The molecule has 1 N–H and O–H groups in total. The second-order valence-electron chi connectivity index (χ2n) is 4.73. The SMILES string of the molecule is COc1ccc(F)c(C(=O)N2CCC(C(=O)O)C2)c1OC. The molecule has 1 heterocycles. The number of benzene rings is 1. The van der Waals surface area contributed by atoms with Gasteiger partial charge in [-0.15, -0.1) is 0 Å². The Morgan fingerprint density at radius 1 is 1.33 bits per heavy atom. The third-order valence-electron chi connectivity index (χ3n) is 3.53. The van der Waals surface area contributed by atoms with E-state index in [0.717, 1.165) is 6.07 Å². The van der Waals surface area contributed by atoms with Gasteiger partial charge in [-0.3, -0.25) is 9.59 Å². The molecule has 1 aliphatic rings. The van der Waals surface area contributed by atoms with Gasteiger partial charge in [0.1, 0.15) is 11.4 Å². The Labute approximate surface area is 121 Å². The molecule has 0 aliphatic carbocycles. The fourth-order valence-corrected chi connectivity index (χ4v) is 2.41. The summed E-state index contributed by atoms with van der Waals surface area (Å²) >= 11 is 0. The predicted octanol–water partition coefficient (Wildman–Crippen LogP) is 1.39. The van der Waals surface area contributed by atoms with Crippen molar-refractivity contribution >= 4 is 11.9 Å². The van der Waals surface area contributed by atoms with E-state index in [1.165, 1.54) is 25.2 Å². The molecular weight excluding hydrogens is 281 g/mol. The number of hydrogen-bond acceptors (Lipinski definition) is 4. The Balaban J connectivity index is 2.33. The number of amides is 1. The number of aliphatic carboxylic acids is 1. The lowest BCUT2D eigenvalue weighted by Crippen LogP contribution is -2.31. The Morgan fingerprint density at radius 3 is 2.57 bits per heavy atom. The first-order valence-electron chi connectivity index (χ1n) is 6.42. The van der Waals surface area contributed by atoms with Crippen LogP contribution in [0.15, 0.2) is 12.1 Å². The van der Waals surface area contributed by atoms with Crippen molar-refractivity contribution in [1.29, 1.82) is 0 Å². The molecule has 1 unspecified atom stereocenters. The highest BCUT2D eigenvalue weighted by Crippen LogP contribution is 2.34. The van der Waals surface area contributed by atoms with E-state index in [9.17, 15) is 14.0 Å². The van der Waals surface area contributed by atoms with E-state index < -0.39 is 23.6 Å².